The van der Waals surface area contributed by atoms with Gasteiger partial charge in [-0.3, -0.25) is 0 Å². The van der Waals surface area contributed by atoms with Crippen LogP contribution >= 0.6 is 11.6 Å². The van der Waals surface area contributed by atoms with E-state index in [1.54, 1.807) is 12.2 Å². The second-order valence-corrected chi connectivity index (χ2v) is 5.60. The lowest BCUT2D eigenvalue weighted by Gasteiger charge is -2.36. The van der Waals surface area contributed by atoms with E-state index in [-0.39, 0.29) is 16.6 Å². The first-order chi connectivity index (χ1) is 9.80. The molecule has 0 saturated carbocycles. The molecule has 0 saturated heterocycles. The van der Waals surface area contributed by atoms with Crippen LogP contribution < -0.4 is 5.32 Å². The number of halogens is 4. The van der Waals surface area contributed by atoms with E-state index in [0.717, 1.165) is 6.07 Å². The fourth-order valence-corrected chi connectivity index (χ4v) is 3.43. The van der Waals surface area contributed by atoms with E-state index in [4.69, 9.17) is 11.6 Å². The molecule has 21 heavy (non-hydrogen) atoms. The Labute approximate surface area is 123 Å². The van der Waals surface area contributed by atoms with Crippen molar-refractivity contribution < 1.29 is 23.1 Å². The van der Waals surface area contributed by atoms with Crippen LogP contribution in [0.5, 0.6) is 0 Å². The number of fused-ring (bicyclic) bond motifs is 3. The number of carbonyl (C=O) groups is 1. The number of hydrogen-bond donors (Lipinski definition) is 2. The molecule has 0 bridgehead atoms. The molecule has 1 heterocycles. The minimum Gasteiger partial charge on any atom is -0.480 e. The normalized spacial score (nSPS) is 27.0. The molecule has 3 atom stereocenters. The zero-order chi connectivity index (χ0) is 15.4. The van der Waals surface area contributed by atoms with E-state index in [0.29, 0.717) is 12.0 Å². The lowest BCUT2D eigenvalue weighted by Crippen LogP contribution is -2.42. The maximum atomic E-state index is 13.1. The minimum atomic E-state index is -4.57. The fraction of sp³-hybridized carbons (Fsp3) is 0.357. The van der Waals surface area contributed by atoms with E-state index in [9.17, 15) is 23.1 Å². The number of carboxylic acid groups (broad SMARTS) is 1. The third-order valence-electron chi connectivity index (χ3n) is 4.04. The predicted octanol–water partition coefficient (Wildman–Crippen LogP) is 3.90. The molecule has 0 amide bonds. The summed E-state index contributed by atoms with van der Waals surface area (Å²) < 4.78 is 39.4. The van der Waals surface area contributed by atoms with Gasteiger partial charge in [0.25, 0.3) is 0 Å². The first-order valence-electron chi connectivity index (χ1n) is 6.36. The van der Waals surface area contributed by atoms with Crippen molar-refractivity contribution in [2.45, 2.75) is 24.6 Å². The molecule has 7 heteroatoms. The summed E-state index contributed by atoms with van der Waals surface area (Å²) in [5, 5.41) is 12.0. The highest BCUT2D eigenvalue weighted by molar-refractivity contribution is 6.32. The van der Waals surface area contributed by atoms with Gasteiger partial charge in [0.15, 0.2) is 0 Å². The van der Waals surface area contributed by atoms with Crippen molar-refractivity contribution >= 4 is 23.3 Å². The van der Waals surface area contributed by atoms with Gasteiger partial charge >= 0.3 is 12.1 Å². The number of benzene rings is 1. The summed E-state index contributed by atoms with van der Waals surface area (Å²) in [4.78, 5) is 11.3. The lowest BCUT2D eigenvalue weighted by atomic mass is 9.78. The van der Waals surface area contributed by atoms with Gasteiger partial charge in [-0.1, -0.05) is 23.8 Å². The van der Waals surface area contributed by atoms with Crippen molar-refractivity contribution in [2.24, 2.45) is 5.92 Å². The fourth-order valence-electron chi connectivity index (χ4n) is 3.14. The Morgan fingerprint density at radius 3 is 2.71 bits per heavy atom. The Kier molecular flexibility index (Phi) is 3.16. The largest absolute Gasteiger partial charge is 0.480 e. The van der Waals surface area contributed by atoms with Gasteiger partial charge in [-0.25, -0.2) is 4.79 Å². The smallest absolute Gasteiger partial charge is 0.418 e. The van der Waals surface area contributed by atoms with Crippen LogP contribution in [0.3, 0.4) is 0 Å². The standard InChI is InChI=1S/C14H11ClF3NO2/c15-9-5-4-8(14(16,17)18)12-10(9)6-2-1-3-7(6)11(19-12)13(20)21/h1-2,4-7,11,19H,3H2,(H,20,21)/t6-,7+,11-/m0/s1. The molecule has 0 fully saturated rings. The zero-order valence-electron chi connectivity index (χ0n) is 10.6. The number of aliphatic carboxylic acids is 1. The Balaban J connectivity index is 2.22. The number of allylic oxidation sites excluding steroid dienone is 2. The summed E-state index contributed by atoms with van der Waals surface area (Å²) in [6, 6.07) is 1.04. The molecule has 1 aliphatic heterocycles. The number of alkyl halides is 3. The molecular formula is C14H11ClF3NO2. The Morgan fingerprint density at radius 1 is 1.38 bits per heavy atom. The summed E-state index contributed by atoms with van der Waals surface area (Å²) in [6.07, 6.45) is -0.536. The van der Waals surface area contributed by atoms with E-state index in [1.165, 1.54) is 6.07 Å². The number of carboxylic acids is 1. The molecule has 3 nitrogen and oxygen atoms in total. The van der Waals surface area contributed by atoms with Crippen LogP contribution in [0.2, 0.25) is 5.02 Å². The molecule has 2 N–H and O–H groups in total. The molecule has 112 valence electrons. The highest BCUT2D eigenvalue weighted by atomic mass is 35.5. The monoisotopic (exact) mass is 317 g/mol. The Bertz CT molecular complexity index is 642. The third kappa shape index (κ3) is 2.18. The average molecular weight is 318 g/mol. The second-order valence-electron chi connectivity index (χ2n) is 5.20. The summed E-state index contributed by atoms with van der Waals surface area (Å²) in [7, 11) is 0. The maximum absolute atomic E-state index is 13.1. The van der Waals surface area contributed by atoms with Gasteiger partial charge in [-0.05, 0) is 18.6 Å². The first-order valence-corrected chi connectivity index (χ1v) is 6.74. The van der Waals surface area contributed by atoms with E-state index in [1.807, 2.05) is 0 Å². The van der Waals surface area contributed by atoms with Gasteiger partial charge in [0.05, 0.1) is 11.3 Å². The van der Waals surface area contributed by atoms with Gasteiger partial charge < -0.3 is 10.4 Å². The van der Waals surface area contributed by atoms with Crippen LogP contribution in [0.1, 0.15) is 23.5 Å². The van der Waals surface area contributed by atoms with E-state index >= 15 is 0 Å². The van der Waals surface area contributed by atoms with Crippen molar-refractivity contribution in [3.05, 3.63) is 40.4 Å². The van der Waals surface area contributed by atoms with Gasteiger partial charge in [-0.2, -0.15) is 13.2 Å². The maximum Gasteiger partial charge on any atom is 0.418 e. The van der Waals surface area contributed by atoms with Gasteiger partial charge in [0.2, 0.25) is 0 Å². The van der Waals surface area contributed by atoms with E-state index in [2.05, 4.69) is 5.32 Å². The van der Waals surface area contributed by atoms with Crippen LogP contribution in [0.4, 0.5) is 18.9 Å². The highest BCUT2D eigenvalue weighted by Crippen LogP contribution is 2.51. The second kappa shape index (κ2) is 4.66. The van der Waals surface area contributed by atoms with Crippen molar-refractivity contribution in [3.63, 3.8) is 0 Å². The first kappa shape index (κ1) is 14.3. The topological polar surface area (TPSA) is 49.3 Å². The van der Waals surface area contributed by atoms with Gasteiger partial charge in [0, 0.05) is 22.4 Å². The minimum absolute atomic E-state index is 0.213. The number of nitrogens with one attached hydrogen (secondary N) is 1. The molecule has 3 rings (SSSR count). The molecule has 1 aromatic carbocycles. The summed E-state index contributed by atoms with van der Waals surface area (Å²) >= 11 is 6.07. The molecule has 1 aliphatic carbocycles. The molecule has 0 unspecified atom stereocenters. The zero-order valence-corrected chi connectivity index (χ0v) is 11.4. The molecule has 0 spiro atoms. The molecule has 0 aromatic heterocycles. The van der Waals surface area contributed by atoms with Crippen molar-refractivity contribution in [2.75, 3.05) is 5.32 Å². The van der Waals surface area contributed by atoms with Gasteiger partial charge in [-0.15, -0.1) is 0 Å². The number of hydrogen-bond acceptors (Lipinski definition) is 2. The van der Waals surface area contributed by atoms with Gasteiger partial charge in [0.1, 0.15) is 6.04 Å². The van der Waals surface area contributed by atoms with Crippen molar-refractivity contribution in [1.82, 2.24) is 0 Å². The number of anilines is 1. The summed E-state index contributed by atoms with van der Waals surface area (Å²) in [5.74, 6) is -1.89. The Hall–Kier alpha value is -1.69. The van der Waals surface area contributed by atoms with Crippen LogP contribution in [0.15, 0.2) is 24.3 Å². The van der Waals surface area contributed by atoms with Crippen LogP contribution in [0, 0.1) is 5.92 Å². The third-order valence-corrected chi connectivity index (χ3v) is 4.37. The van der Waals surface area contributed by atoms with Crippen molar-refractivity contribution in [1.29, 1.82) is 0 Å². The molecule has 2 aliphatic rings. The van der Waals surface area contributed by atoms with Crippen molar-refractivity contribution in [3.8, 4) is 0 Å². The van der Waals surface area contributed by atoms with Crippen LogP contribution in [-0.2, 0) is 11.0 Å². The Morgan fingerprint density at radius 2 is 2.10 bits per heavy atom. The average Bonchev–Trinajstić information content (AvgIpc) is 2.84. The molecular weight excluding hydrogens is 307 g/mol. The summed E-state index contributed by atoms with van der Waals surface area (Å²) in [5.41, 5.74) is -0.759. The summed E-state index contributed by atoms with van der Waals surface area (Å²) in [6.45, 7) is 0. The SMILES string of the molecule is O=C(O)[C@H]1Nc2c(C(F)(F)F)ccc(Cl)c2[C@H]2C=CC[C@@H]12. The predicted molar refractivity (Wildman–Crippen MR) is 71.5 cm³/mol. The molecule has 1 aromatic rings. The lowest BCUT2D eigenvalue weighted by molar-refractivity contribution is -0.140. The molecule has 0 radical (unpaired) electrons. The van der Waals surface area contributed by atoms with Crippen LogP contribution in [0.25, 0.3) is 0 Å². The van der Waals surface area contributed by atoms with Crippen LogP contribution in [-0.4, -0.2) is 17.1 Å². The quantitative estimate of drug-likeness (QED) is 0.772. The van der Waals surface area contributed by atoms with E-state index < -0.39 is 29.7 Å². The highest BCUT2D eigenvalue weighted by Gasteiger charge is 2.45. The number of rotatable bonds is 1.